The smallest absolute Gasteiger partial charge is 0.119 e. The van der Waals surface area contributed by atoms with Gasteiger partial charge in [-0.2, -0.15) is 0 Å². The van der Waals surface area contributed by atoms with Crippen molar-refractivity contribution < 1.29 is 9.90 Å². The molecule has 0 radical (unpaired) electrons. The lowest BCUT2D eigenvalue weighted by Crippen LogP contribution is -2.04. The second-order valence-corrected chi connectivity index (χ2v) is 5.72. The van der Waals surface area contributed by atoms with E-state index in [9.17, 15) is 9.90 Å². The van der Waals surface area contributed by atoms with E-state index in [0.29, 0.717) is 0 Å². The molecule has 2 heteroatoms. The number of aliphatic hydroxyl groups is 1. The molecular weight excluding hydrogens is 248 g/mol. The number of rotatable bonds is 15. The van der Waals surface area contributed by atoms with Crippen LogP contribution in [0.2, 0.25) is 0 Å². The van der Waals surface area contributed by atoms with Gasteiger partial charge in [0.1, 0.15) is 6.29 Å². The molecule has 0 aliphatic rings. The van der Waals surface area contributed by atoms with E-state index in [1.165, 1.54) is 44.9 Å². The lowest BCUT2D eigenvalue weighted by atomic mass is 10.1. The van der Waals surface area contributed by atoms with E-state index >= 15 is 0 Å². The van der Waals surface area contributed by atoms with E-state index < -0.39 is 0 Å². The van der Waals surface area contributed by atoms with Crippen molar-refractivity contribution in [2.24, 2.45) is 0 Å². The summed E-state index contributed by atoms with van der Waals surface area (Å²) in [7, 11) is 0. The molecule has 0 saturated heterocycles. The van der Waals surface area contributed by atoms with Crippen LogP contribution in [-0.4, -0.2) is 17.5 Å². The Labute approximate surface area is 125 Å². The fraction of sp³-hybridized carbons (Fsp3) is 0.833. The number of carbonyl (C=O) groups is 1. The van der Waals surface area contributed by atoms with Crippen LogP contribution in [0.4, 0.5) is 0 Å². The third-order valence-electron chi connectivity index (χ3n) is 3.66. The summed E-state index contributed by atoms with van der Waals surface area (Å²) >= 11 is 0. The van der Waals surface area contributed by atoms with Crippen molar-refractivity contribution >= 4 is 6.29 Å². The van der Waals surface area contributed by atoms with E-state index in [-0.39, 0.29) is 6.10 Å². The maximum atomic E-state index is 10.1. The van der Waals surface area contributed by atoms with Crippen molar-refractivity contribution in [3.8, 4) is 0 Å². The van der Waals surface area contributed by atoms with Gasteiger partial charge in [-0.25, -0.2) is 0 Å². The lowest BCUT2D eigenvalue weighted by molar-refractivity contribution is -0.107. The molecule has 0 saturated carbocycles. The molecule has 0 aliphatic heterocycles. The van der Waals surface area contributed by atoms with Gasteiger partial charge in [0, 0.05) is 6.42 Å². The SMILES string of the molecule is CCCCCCC(O)CC=CCCCCCCCC=O. The second kappa shape index (κ2) is 16.4. The summed E-state index contributed by atoms with van der Waals surface area (Å²) in [6.07, 6.45) is 19.7. The molecule has 0 aromatic rings. The molecule has 2 nitrogen and oxygen atoms in total. The maximum Gasteiger partial charge on any atom is 0.119 e. The van der Waals surface area contributed by atoms with Gasteiger partial charge in [0.15, 0.2) is 0 Å². The van der Waals surface area contributed by atoms with Crippen molar-refractivity contribution in [1.82, 2.24) is 0 Å². The summed E-state index contributed by atoms with van der Waals surface area (Å²) in [4.78, 5) is 10.1. The molecule has 1 atom stereocenters. The standard InChI is InChI=1S/C18H34O2/c1-2-3-4-12-15-18(20)16-13-10-8-6-5-7-9-11-14-17-19/h10,13,17-18,20H,2-9,11-12,14-16H2,1H3. The average Bonchev–Trinajstić information content (AvgIpc) is 2.45. The van der Waals surface area contributed by atoms with E-state index in [2.05, 4.69) is 19.1 Å². The summed E-state index contributed by atoms with van der Waals surface area (Å²) in [5.41, 5.74) is 0. The summed E-state index contributed by atoms with van der Waals surface area (Å²) < 4.78 is 0. The first-order valence-corrected chi connectivity index (χ1v) is 8.58. The highest BCUT2D eigenvalue weighted by Crippen LogP contribution is 2.10. The third kappa shape index (κ3) is 15.4. The number of aliphatic hydroxyl groups excluding tert-OH is 1. The number of carbonyl (C=O) groups excluding carboxylic acids is 1. The molecule has 0 aromatic carbocycles. The fourth-order valence-corrected chi connectivity index (χ4v) is 2.32. The Morgan fingerprint density at radius 3 is 2.20 bits per heavy atom. The highest BCUT2D eigenvalue weighted by molar-refractivity contribution is 5.48. The zero-order valence-corrected chi connectivity index (χ0v) is 13.4. The first kappa shape index (κ1) is 19.4. The number of unbranched alkanes of at least 4 members (excludes halogenated alkanes) is 9. The van der Waals surface area contributed by atoms with Crippen LogP contribution in [0.5, 0.6) is 0 Å². The Bertz CT molecular complexity index is 223. The molecule has 0 amide bonds. The molecule has 0 aliphatic carbocycles. The van der Waals surface area contributed by atoms with Gasteiger partial charge >= 0.3 is 0 Å². The average molecular weight is 282 g/mol. The van der Waals surface area contributed by atoms with Crippen molar-refractivity contribution in [3.63, 3.8) is 0 Å². The zero-order chi connectivity index (χ0) is 14.9. The molecule has 0 rings (SSSR count). The molecular formula is C18H34O2. The van der Waals surface area contributed by atoms with Crippen LogP contribution < -0.4 is 0 Å². The van der Waals surface area contributed by atoms with E-state index in [0.717, 1.165) is 44.8 Å². The van der Waals surface area contributed by atoms with Crippen LogP contribution in [0.1, 0.15) is 90.4 Å². The Hall–Kier alpha value is -0.630. The quantitative estimate of drug-likeness (QED) is 0.255. The van der Waals surface area contributed by atoms with Crippen molar-refractivity contribution in [1.29, 1.82) is 0 Å². The molecule has 1 unspecified atom stereocenters. The Morgan fingerprint density at radius 2 is 1.50 bits per heavy atom. The molecule has 0 bridgehead atoms. The highest BCUT2D eigenvalue weighted by atomic mass is 16.3. The van der Waals surface area contributed by atoms with Crippen LogP contribution >= 0.6 is 0 Å². The zero-order valence-electron chi connectivity index (χ0n) is 13.4. The van der Waals surface area contributed by atoms with Crippen molar-refractivity contribution in [3.05, 3.63) is 12.2 Å². The van der Waals surface area contributed by atoms with Gasteiger partial charge in [0.05, 0.1) is 6.10 Å². The second-order valence-electron chi connectivity index (χ2n) is 5.72. The minimum absolute atomic E-state index is 0.147. The third-order valence-corrected chi connectivity index (χ3v) is 3.66. The van der Waals surface area contributed by atoms with Crippen molar-refractivity contribution in [2.45, 2.75) is 96.5 Å². The van der Waals surface area contributed by atoms with Gasteiger partial charge in [0.2, 0.25) is 0 Å². The summed E-state index contributed by atoms with van der Waals surface area (Å²) in [5.74, 6) is 0. The summed E-state index contributed by atoms with van der Waals surface area (Å²) in [5, 5.41) is 9.79. The van der Waals surface area contributed by atoms with E-state index in [1.807, 2.05) is 0 Å². The minimum Gasteiger partial charge on any atom is -0.393 e. The van der Waals surface area contributed by atoms with Gasteiger partial charge < -0.3 is 9.90 Å². The number of hydrogen-bond acceptors (Lipinski definition) is 2. The van der Waals surface area contributed by atoms with E-state index in [4.69, 9.17) is 0 Å². The molecule has 1 N–H and O–H groups in total. The minimum atomic E-state index is -0.147. The van der Waals surface area contributed by atoms with Crippen LogP contribution in [0.3, 0.4) is 0 Å². The molecule has 0 heterocycles. The Balaban J connectivity index is 3.23. The van der Waals surface area contributed by atoms with Crippen LogP contribution in [-0.2, 0) is 4.79 Å². The van der Waals surface area contributed by atoms with Crippen molar-refractivity contribution in [2.75, 3.05) is 0 Å². The van der Waals surface area contributed by atoms with Gasteiger partial charge in [-0.05, 0) is 32.1 Å². The first-order valence-electron chi connectivity index (χ1n) is 8.58. The molecule has 0 spiro atoms. The largest absolute Gasteiger partial charge is 0.393 e. The normalized spacial score (nSPS) is 12.9. The van der Waals surface area contributed by atoms with Gasteiger partial charge in [0.25, 0.3) is 0 Å². The van der Waals surface area contributed by atoms with Gasteiger partial charge in [-0.15, -0.1) is 0 Å². The Kier molecular flexibility index (Phi) is 15.9. The topological polar surface area (TPSA) is 37.3 Å². The van der Waals surface area contributed by atoms with Gasteiger partial charge in [-0.3, -0.25) is 0 Å². The highest BCUT2D eigenvalue weighted by Gasteiger charge is 2.00. The summed E-state index contributed by atoms with van der Waals surface area (Å²) in [6.45, 7) is 2.21. The Morgan fingerprint density at radius 1 is 0.850 bits per heavy atom. The molecule has 0 aromatic heterocycles. The predicted molar refractivity (Wildman–Crippen MR) is 86.9 cm³/mol. The number of allylic oxidation sites excluding steroid dienone is 1. The van der Waals surface area contributed by atoms with E-state index in [1.54, 1.807) is 0 Å². The van der Waals surface area contributed by atoms with Crippen LogP contribution in [0.25, 0.3) is 0 Å². The number of aldehydes is 1. The first-order chi connectivity index (χ1) is 9.81. The van der Waals surface area contributed by atoms with Gasteiger partial charge in [-0.1, -0.05) is 64.0 Å². The molecule has 20 heavy (non-hydrogen) atoms. The molecule has 118 valence electrons. The maximum absolute atomic E-state index is 10.1. The van der Waals surface area contributed by atoms with Crippen LogP contribution in [0, 0.1) is 0 Å². The van der Waals surface area contributed by atoms with Crippen LogP contribution in [0.15, 0.2) is 12.2 Å². The number of hydrogen-bond donors (Lipinski definition) is 1. The summed E-state index contributed by atoms with van der Waals surface area (Å²) in [6, 6.07) is 0. The fourth-order valence-electron chi connectivity index (χ4n) is 2.32. The lowest BCUT2D eigenvalue weighted by Gasteiger charge is -2.07. The predicted octanol–water partition coefficient (Wildman–Crippen LogP) is 5.19. The molecule has 0 fully saturated rings. The monoisotopic (exact) mass is 282 g/mol.